The molecule has 0 aromatic carbocycles. The van der Waals surface area contributed by atoms with Crippen molar-refractivity contribution in [2.45, 2.75) is 18.5 Å². The van der Waals surface area contributed by atoms with Crippen molar-refractivity contribution in [2.75, 3.05) is 18.5 Å². The normalized spacial score (nSPS) is 23.2. The van der Waals surface area contributed by atoms with Crippen molar-refractivity contribution in [1.82, 2.24) is 14.6 Å². The summed E-state index contributed by atoms with van der Waals surface area (Å²) in [5.41, 5.74) is -2.05. The molecule has 0 saturated carbocycles. The Morgan fingerprint density at radius 2 is 2.00 bits per heavy atom. The summed E-state index contributed by atoms with van der Waals surface area (Å²) in [5.74, 6) is -0.734. The minimum atomic E-state index is -4.46. The van der Waals surface area contributed by atoms with Crippen molar-refractivity contribution in [2.24, 2.45) is 0 Å². The molecule has 0 amide bonds. The van der Waals surface area contributed by atoms with Crippen LogP contribution in [-0.2, 0) is 5.41 Å². The first kappa shape index (κ1) is 12.2. The van der Waals surface area contributed by atoms with Crippen LogP contribution in [0.4, 0.5) is 23.2 Å². The number of alkyl halides is 3. The molecule has 0 bridgehead atoms. The maximum absolute atomic E-state index is 13.4. The first-order valence-corrected chi connectivity index (χ1v) is 5.56. The highest BCUT2D eigenvalue weighted by Gasteiger charge is 2.59. The molecule has 3 heterocycles. The van der Waals surface area contributed by atoms with E-state index < -0.39 is 17.4 Å². The first-order chi connectivity index (χ1) is 8.75. The maximum Gasteiger partial charge on any atom is 0.401 e. The van der Waals surface area contributed by atoms with E-state index in [4.69, 9.17) is 0 Å². The first-order valence-electron chi connectivity index (χ1n) is 5.56. The Balaban J connectivity index is 2.39. The van der Waals surface area contributed by atoms with Gasteiger partial charge >= 0.3 is 6.18 Å². The van der Waals surface area contributed by atoms with Gasteiger partial charge in [-0.3, -0.25) is 0 Å². The summed E-state index contributed by atoms with van der Waals surface area (Å²) in [6.07, 6.45) is -2.33. The van der Waals surface area contributed by atoms with Crippen molar-refractivity contribution in [1.29, 1.82) is 0 Å². The third kappa shape index (κ3) is 1.39. The fourth-order valence-corrected chi connectivity index (χ4v) is 2.55. The highest BCUT2D eigenvalue weighted by molar-refractivity contribution is 5.62. The smallest absolute Gasteiger partial charge is 0.371 e. The lowest BCUT2D eigenvalue weighted by molar-refractivity contribution is -0.181. The number of nitrogens with zero attached hydrogens (tertiary/aromatic N) is 4. The maximum atomic E-state index is 13.4. The van der Waals surface area contributed by atoms with E-state index in [1.807, 2.05) is 0 Å². The predicted octanol–water partition coefficient (Wildman–Crippen LogP) is 2.14. The molecule has 1 atom stereocenters. The molecule has 1 aliphatic rings. The molecule has 0 fully saturated rings. The largest absolute Gasteiger partial charge is 0.401 e. The lowest BCUT2D eigenvalue weighted by Gasteiger charge is -2.27. The lowest BCUT2D eigenvalue weighted by atomic mass is 9.88. The minimum Gasteiger partial charge on any atom is -0.371 e. The van der Waals surface area contributed by atoms with Crippen LogP contribution in [0, 0.1) is 5.82 Å². The van der Waals surface area contributed by atoms with Crippen LogP contribution in [0.1, 0.15) is 12.6 Å². The van der Waals surface area contributed by atoms with Crippen LogP contribution >= 0.6 is 0 Å². The van der Waals surface area contributed by atoms with Crippen molar-refractivity contribution in [3.63, 3.8) is 0 Å². The van der Waals surface area contributed by atoms with Crippen LogP contribution in [0.15, 0.2) is 12.4 Å². The Kier molecular flexibility index (Phi) is 2.16. The molecule has 4 nitrogen and oxygen atoms in total. The Hall–Kier alpha value is -1.86. The van der Waals surface area contributed by atoms with E-state index in [2.05, 4.69) is 10.1 Å². The molecule has 1 aliphatic heterocycles. The summed E-state index contributed by atoms with van der Waals surface area (Å²) in [4.78, 5) is 5.28. The highest BCUT2D eigenvalue weighted by Crippen LogP contribution is 2.49. The number of anilines is 1. The Morgan fingerprint density at radius 1 is 1.32 bits per heavy atom. The summed E-state index contributed by atoms with van der Waals surface area (Å²) >= 11 is 0. The quantitative estimate of drug-likeness (QED) is 0.690. The lowest BCUT2D eigenvalue weighted by Crippen LogP contribution is -2.43. The average molecular weight is 274 g/mol. The van der Waals surface area contributed by atoms with Gasteiger partial charge in [0.1, 0.15) is 5.41 Å². The van der Waals surface area contributed by atoms with E-state index in [1.165, 1.54) is 11.1 Å². The molecule has 2 aromatic heterocycles. The summed E-state index contributed by atoms with van der Waals surface area (Å²) < 4.78 is 54.4. The standard InChI is InChI=1S/C11H10F4N4/c1-10(11(13,14)15)5-18(2)7-4-16-9-6(12)3-17-19(9)8(7)10/h3-4H,5H2,1-2H3. The van der Waals surface area contributed by atoms with Gasteiger partial charge in [0.25, 0.3) is 0 Å². The van der Waals surface area contributed by atoms with Crippen molar-refractivity contribution in [3.05, 3.63) is 23.9 Å². The van der Waals surface area contributed by atoms with Gasteiger partial charge in [0.2, 0.25) is 0 Å². The summed E-state index contributed by atoms with van der Waals surface area (Å²) in [6, 6.07) is 0. The zero-order chi connectivity index (χ0) is 14.0. The second kappa shape index (κ2) is 3.37. The van der Waals surface area contributed by atoms with Crippen molar-refractivity contribution < 1.29 is 17.6 Å². The SMILES string of the molecule is CN1CC(C)(C(F)(F)F)c2c1cnc1c(F)cnn21. The Bertz CT molecular complexity index is 662. The number of hydrogen-bond donors (Lipinski definition) is 0. The van der Waals surface area contributed by atoms with Crippen LogP contribution in [-0.4, -0.2) is 34.4 Å². The molecule has 8 heteroatoms. The van der Waals surface area contributed by atoms with E-state index in [0.29, 0.717) is 5.69 Å². The zero-order valence-corrected chi connectivity index (χ0v) is 10.2. The van der Waals surface area contributed by atoms with Crippen LogP contribution in [0.2, 0.25) is 0 Å². The van der Waals surface area contributed by atoms with Crippen molar-refractivity contribution >= 4 is 11.3 Å². The molecular weight excluding hydrogens is 264 g/mol. The van der Waals surface area contributed by atoms with E-state index >= 15 is 0 Å². The average Bonchev–Trinajstić information content (AvgIpc) is 2.79. The molecule has 0 radical (unpaired) electrons. The van der Waals surface area contributed by atoms with Crippen LogP contribution in [0.25, 0.3) is 5.65 Å². The number of fused-ring (bicyclic) bond motifs is 3. The summed E-state index contributed by atoms with van der Waals surface area (Å²) in [7, 11) is 1.54. The molecular formula is C11H10F4N4. The third-order valence-electron chi connectivity index (χ3n) is 3.58. The predicted molar refractivity (Wildman–Crippen MR) is 59.6 cm³/mol. The fourth-order valence-electron chi connectivity index (χ4n) is 2.55. The van der Waals surface area contributed by atoms with E-state index in [9.17, 15) is 17.6 Å². The van der Waals surface area contributed by atoms with E-state index in [1.54, 1.807) is 7.05 Å². The summed E-state index contributed by atoms with van der Waals surface area (Å²) in [5, 5.41) is 3.69. The van der Waals surface area contributed by atoms with Gasteiger partial charge in [0, 0.05) is 13.6 Å². The van der Waals surface area contributed by atoms with Crippen LogP contribution in [0.3, 0.4) is 0 Å². The van der Waals surface area contributed by atoms with E-state index in [0.717, 1.165) is 17.6 Å². The molecule has 3 rings (SSSR count). The van der Waals surface area contributed by atoms with Gasteiger partial charge in [-0.2, -0.15) is 18.3 Å². The van der Waals surface area contributed by atoms with Crippen LogP contribution < -0.4 is 4.90 Å². The van der Waals surface area contributed by atoms with Gasteiger partial charge in [0.05, 0.1) is 23.8 Å². The molecule has 0 N–H and O–H groups in total. The Labute approximate surface area is 105 Å². The molecule has 0 spiro atoms. The summed E-state index contributed by atoms with van der Waals surface area (Å²) in [6.45, 7) is 0.850. The number of rotatable bonds is 0. The van der Waals surface area contributed by atoms with E-state index in [-0.39, 0.29) is 17.9 Å². The van der Waals surface area contributed by atoms with Gasteiger partial charge in [-0.1, -0.05) is 0 Å². The molecule has 2 aromatic rings. The van der Waals surface area contributed by atoms with Gasteiger partial charge in [-0.05, 0) is 6.92 Å². The second-order valence-corrected chi connectivity index (χ2v) is 4.91. The van der Waals surface area contributed by atoms with Crippen molar-refractivity contribution in [3.8, 4) is 0 Å². The number of aromatic nitrogens is 3. The second-order valence-electron chi connectivity index (χ2n) is 4.91. The number of likely N-dealkylation sites (N-methyl/N-ethyl adjacent to an activating group) is 1. The number of hydrogen-bond acceptors (Lipinski definition) is 3. The molecule has 102 valence electrons. The molecule has 19 heavy (non-hydrogen) atoms. The zero-order valence-electron chi connectivity index (χ0n) is 10.2. The fraction of sp³-hybridized carbons (Fsp3) is 0.455. The van der Waals surface area contributed by atoms with Gasteiger partial charge in [0.15, 0.2) is 11.5 Å². The van der Waals surface area contributed by atoms with Gasteiger partial charge in [-0.25, -0.2) is 13.9 Å². The van der Waals surface area contributed by atoms with Gasteiger partial charge < -0.3 is 4.90 Å². The van der Waals surface area contributed by atoms with Gasteiger partial charge in [-0.15, -0.1) is 0 Å². The minimum absolute atomic E-state index is 0.0728. The monoisotopic (exact) mass is 274 g/mol. The molecule has 0 aliphatic carbocycles. The Morgan fingerprint density at radius 3 is 2.63 bits per heavy atom. The number of halogens is 4. The third-order valence-corrected chi connectivity index (χ3v) is 3.58. The van der Waals surface area contributed by atoms with Crippen LogP contribution in [0.5, 0.6) is 0 Å². The topological polar surface area (TPSA) is 33.4 Å². The molecule has 1 unspecified atom stereocenters. The molecule has 0 saturated heterocycles. The highest BCUT2D eigenvalue weighted by atomic mass is 19.4.